The molecule has 29 heavy (non-hydrogen) atoms. The molecule has 1 unspecified atom stereocenters. The number of hydrogen-bond acceptors (Lipinski definition) is 3. The van der Waals surface area contributed by atoms with Crippen LogP contribution in [0.2, 0.25) is 0 Å². The van der Waals surface area contributed by atoms with E-state index in [2.05, 4.69) is 40.4 Å². The van der Waals surface area contributed by atoms with E-state index >= 15 is 0 Å². The van der Waals surface area contributed by atoms with Gasteiger partial charge in [0, 0.05) is 25.8 Å². The molecular weight excluding hydrogens is 360 g/mol. The highest BCUT2D eigenvalue weighted by Gasteiger charge is 2.17. The highest BCUT2D eigenvalue weighted by molar-refractivity contribution is 5.92. The maximum Gasteiger partial charge on any atom is 0.272 e. The van der Waals surface area contributed by atoms with Crippen molar-refractivity contribution in [2.75, 3.05) is 13.1 Å². The van der Waals surface area contributed by atoms with Gasteiger partial charge in [0.05, 0.1) is 5.69 Å². The largest absolute Gasteiger partial charge is 0.347 e. The summed E-state index contributed by atoms with van der Waals surface area (Å²) < 4.78 is 1.72. The third kappa shape index (κ3) is 4.93. The summed E-state index contributed by atoms with van der Waals surface area (Å²) in [7, 11) is 0. The predicted molar refractivity (Wildman–Crippen MR) is 115 cm³/mol. The highest BCUT2D eigenvalue weighted by Crippen LogP contribution is 2.19. The average molecular weight is 389 g/mol. The van der Waals surface area contributed by atoms with Crippen molar-refractivity contribution in [1.82, 2.24) is 20.0 Å². The molecule has 1 aliphatic heterocycles. The molecule has 0 aliphatic carbocycles. The van der Waals surface area contributed by atoms with Gasteiger partial charge in [0.2, 0.25) is 0 Å². The average Bonchev–Trinajstić information content (AvgIpc) is 3.24. The lowest BCUT2D eigenvalue weighted by Gasteiger charge is -2.31. The molecule has 4 rings (SSSR count). The zero-order chi connectivity index (χ0) is 20.1. The number of aromatic nitrogens is 2. The SMILES string of the molecule is CC1CCCN(Cc2ccccc2CNC(=O)c2ccn(-c3ccccc3)n2)C1. The fourth-order valence-corrected chi connectivity index (χ4v) is 3.99. The Kier molecular flexibility index (Phi) is 6.06. The minimum absolute atomic E-state index is 0.152. The van der Waals surface area contributed by atoms with Crippen molar-refractivity contribution >= 4 is 5.91 Å². The molecular formula is C24H28N4O. The summed E-state index contributed by atoms with van der Waals surface area (Å²) in [5.74, 6) is 0.608. The van der Waals surface area contributed by atoms with Crippen molar-refractivity contribution < 1.29 is 4.79 Å². The van der Waals surface area contributed by atoms with Crippen LogP contribution in [0.1, 0.15) is 41.4 Å². The van der Waals surface area contributed by atoms with E-state index in [0.29, 0.717) is 12.2 Å². The third-order valence-corrected chi connectivity index (χ3v) is 5.54. The molecule has 1 saturated heterocycles. The van der Waals surface area contributed by atoms with Crippen molar-refractivity contribution in [2.24, 2.45) is 5.92 Å². The molecule has 2 heterocycles. The zero-order valence-electron chi connectivity index (χ0n) is 16.9. The molecule has 0 radical (unpaired) electrons. The summed E-state index contributed by atoms with van der Waals surface area (Å²) in [4.78, 5) is 15.1. The lowest BCUT2D eigenvalue weighted by molar-refractivity contribution is 0.0945. The Morgan fingerprint density at radius 1 is 1.07 bits per heavy atom. The number of nitrogens with one attached hydrogen (secondary N) is 1. The molecule has 1 aliphatic rings. The van der Waals surface area contributed by atoms with Crippen LogP contribution >= 0.6 is 0 Å². The number of benzene rings is 2. The van der Waals surface area contributed by atoms with Gasteiger partial charge in [0.1, 0.15) is 0 Å². The molecule has 1 aromatic heterocycles. The standard InChI is InChI=1S/C24H28N4O/c1-19-8-7-14-27(17-19)18-21-10-6-5-9-20(21)16-25-24(29)23-13-15-28(26-23)22-11-3-2-4-12-22/h2-6,9-13,15,19H,7-8,14,16-18H2,1H3,(H,25,29). The highest BCUT2D eigenvalue weighted by atomic mass is 16.1. The Morgan fingerprint density at radius 2 is 1.83 bits per heavy atom. The summed E-state index contributed by atoms with van der Waals surface area (Å²) >= 11 is 0. The molecule has 2 aromatic carbocycles. The second-order valence-electron chi connectivity index (χ2n) is 7.92. The van der Waals surface area contributed by atoms with Crippen LogP contribution in [0.3, 0.4) is 0 Å². The number of likely N-dealkylation sites (tertiary alicyclic amines) is 1. The molecule has 5 nitrogen and oxygen atoms in total. The quantitative estimate of drug-likeness (QED) is 0.693. The van der Waals surface area contributed by atoms with Gasteiger partial charge < -0.3 is 5.32 Å². The molecule has 0 spiro atoms. The van der Waals surface area contributed by atoms with Crippen molar-refractivity contribution in [2.45, 2.75) is 32.9 Å². The van der Waals surface area contributed by atoms with E-state index < -0.39 is 0 Å². The van der Waals surface area contributed by atoms with Gasteiger partial charge in [-0.15, -0.1) is 0 Å². The minimum atomic E-state index is -0.152. The van der Waals surface area contributed by atoms with Crippen LogP contribution in [-0.4, -0.2) is 33.7 Å². The summed E-state index contributed by atoms with van der Waals surface area (Å²) in [6.45, 7) is 6.09. The van der Waals surface area contributed by atoms with Crippen molar-refractivity contribution in [3.8, 4) is 5.69 Å². The Hall–Kier alpha value is -2.92. The zero-order valence-corrected chi connectivity index (χ0v) is 16.9. The summed E-state index contributed by atoms with van der Waals surface area (Å²) in [5.41, 5.74) is 3.82. The summed E-state index contributed by atoms with van der Waals surface area (Å²) in [6, 6.07) is 19.9. The predicted octanol–water partition coefficient (Wildman–Crippen LogP) is 4.03. The topological polar surface area (TPSA) is 50.2 Å². The second kappa shape index (κ2) is 9.05. The molecule has 1 atom stereocenters. The first kappa shape index (κ1) is 19.4. The first-order valence-corrected chi connectivity index (χ1v) is 10.4. The van der Waals surface area contributed by atoms with E-state index in [1.165, 1.54) is 24.0 Å². The van der Waals surface area contributed by atoms with E-state index in [9.17, 15) is 4.79 Å². The smallest absolute Gasteiger partial charge is 0.272 e. The third-order valence-electron chi connectivity index (χ3n) is 5.54. The molecule has 150 valence electrons. The monoisotopic (exact) mass is 388 g/mol. The number of para-hydroxylation sites is 1. The van der Waals surface area contributed by atoms with E-state index in [-0.39, 0.29) is 5.91 Å². The number of hydrogen-bond donors (Lipinski definition) is 1. The van der Waals surface area contributed by atoms with Gasteiger partial charge >= 0.3 is 0 Å². The maximum atomic E-state index is 12.6. The van der Waals surface area contributed by atoms with Crippen LogP contribution in [0.5, 0.6) is 0 Å². The van der Waals surface area contributed by atoms with Gasteiger partial charge in [-0.05, 0) is 54.6 Å². The van der Waals surface area contributed by atoms with E-state index in [1.54, 1.807) is 10.7 Å². The van der Waals surface area contributed by atoms with E-state index in [4.69, 9.17) is 0 Å². The minimum Gasteiger partial charge on any atom is -0.347 e. The molecule has 3 aromatic rings. The van der Waals surface area contributed by atoms with Gasteiger partial charge in [-0.3, -0.25) is 9.69 Å². The number of nitrogens with zero attached hydrogens (tertiary/aromatic N) is 3. The lowest BCUT2D eigenvalue weighted by atomic mass is 9.99. The first-order chi connectivity index (χ1) is 14.2. The van der Waals surface area contributed by atoms with Crippen molar-refractivity contribution in [3.05, 3.63) is 83.7 Å². The molecule has 1 amide bonds. The number of amides is 1. The molecule has 0 bridgehead atoms. The molecule has 1 fully saturated rings. The van der Waals surface area contributed by atoms with Crippen molar-refractivity contribution in [3.63, 3.8) is 0 Å². The Balaban J connectivity index is 1.39. The van der Waals surface area contributed by atoms with Gasteiger partial charge in [0.25, 0.3) is 5.91 Å². The first-order valence-electron chi connectivity index (χ1n) is 10.4. The van der Waals surface area contributed by atoms with Crippen LogP contribution in [0.15, 0.2) is 66.9 Å². The van der Waals surface area contributed by atoms with E-state index in [1.807, 2.05) is 42.6 Å². The van der Waals surface area contributed by atoms with Gasteiger partial charge in [-0.25, -0.2) is 4.68 Å². The summed E-state index contributed by atoms with van der Waals surface area (Å²) in [5, 5.41) is 7.45. The van der Waals surface area contributed by atoms with Crippen LogP contribution in [-0.2, 0) is 13.1 Å². The van der Waals surface area contributed by atoms with Gasteiger partial charge in [-0.1, -0.05) is 49.4 Å². The van der Waals surface area contributed by atoms with E-state index in [0.717, 1.165) is 31.2 Å². The summed E-state index contributed by atoms with van der Waals surface area (Å²) in [6.07, 6.45) is 4.41. The van der Waals surface area contributed by atoms with Crippen molar-refractivity contribution in [1.29, 1.82) is 0 Å². The Labute approximate surface area is 172 Å². The molecule has 5 heteroatoms. The number of carbonyl (C=O) groups excluding carboxylic acids is 1. The van der Waals surface area contributed by atoms with Gasteiger partial charge in [0.15, 0.2) is 5.69 Å². The normalized spacial score (nSPS) is 17.2. The molecule has 0 saturated carbocycles. The van der Waals surface area contributed by atoms with Crippen LogP contribution < -0.4 is 5.32 Å². The second-order valence-corrected chi connectivity index (χ2v) is 7.92. The number of piperidine rings is 1. The maximum absolute atomic E-state index is 12.6. The lowest BCUT2D eigenvalue weighted by Crippen LogP contribution is -2.34. The molecule has 1 N–H and O–H groups in total. The fourth-order valence-electron chi connectivity index (χ4n) is 3.99. The Morgan fingerprint density at radius 3 is 2.62 bits per heavy atom. The Bertz CT molecular complexity index is 950. The van der Waals surface area contributed by atoms with Crippen LogP contribution in [0, 0.1) is 5.92 Å². The number of carbonyl (C=O) groups is 1. The van der Waals surface area contributed by atoms with Crippen LogP contribution in [0.4, 0.5) is 0 Å². The van der Waals surface area contributed by atoms with Gasteiger partial charge in [-0.2, -0.15) is 5.10 Å². The fraction of sp³-hybridized carbons (Fsp3) is 0.333. The van der Waals surface area contributed by atoms with Crippen LogP contribution in [0.25, 0.3) is 5.69 Å². The number of rotatable bonds is 6.